The van der Waals surface area contributed by atoms with E-state index in [4.69, 9.17) is 44.9 Å². The number of carbonyl (C=O) groups excluding carboxylic acids is 4. The molecule has 2 saturated heterocycles. The molecule has 2 aliphatic rings. The van der Waals surface area contributed by atoms with E-state index in [1.54, 1.807) is 18.2 Å². The number of hydrogen-bond donors (Lipinski definition) is 0. The number of oxime groups is 1. The molecule has 2 aliphatic heterocycles. The first-order chi connectivity index (χ1) is 21.3. The fourth-order valence-corrected chi connectivity index (χ4v) is 5.63. The number of halogens is 1. The zero-order valence-corrected chi connectivity index (χ0v) is 26.7. The van der Waals surface area contributed by atoms with Crippen molar-refractivity contribution in [2.24, 2.45) is 5.16 Å². The second-order valence-corrected chi connectivity index (χ2v) is 11.2. The summed E-state index contributed by atoms with van der Waals surface area (Å²) in [5, 5.41) is 4.52. The Morgan fingerprint density at radius 1 is 0.889 bits per heavy atom. The van der Waals surface area contributed by atoms with Crippen molar-refractivity contribution < 1.29 is 52.4 Å². The molecule has 4 rings (SSSR count). The smallest absolute Gasteiger partial charge is 0.303 e. The predicted molar refractivity (Wildman–Crippen MR) is 159 cm³/mol. The molecule has 0 aliphatic carbocycles. The number of ether oxygens (including phenoxy) is 6. The first-order valence-electron chi connectivity index (χ1n) is 14.3. The molecule has 0 N–H and O–H groups in total. The van der Waals surface area contributed by atoms with Crippen LogP contribution in [0.5, 0.6) is 0 Å². The molecule has 2 bridgehead atoms. The highest BCUT2D eigenvalue weighted by atomic mass is 35.5. The van der Waals surface area contributed by atoms with Gasteiger partial charge in [0.1, 0.15) is 13.2 Å². The maximum Gasteiger partial charge on any atom is 0.303 e. The summed E-state index contributed by atoms with van der Waals surface area (Å²) in [4.78, 5) is 54.0. The van der Waals surface area contributed by atoms with Crippen LogP contribution in [0.2, 0.25) is 5.02 Å². The summed E-state index contributed by atoms with van der Waals surface area (Å²) in [6.45, 7) is 8.20. The number of hydrogen-bond acceptors (Lipinski definition) is 12. The van der Waals surface area contributed by atoms with Gasteiger partial charge in [0.05, 0.1) is 12.3 Å². The summed E-state index contributed by atoms with van der Waals surface area (Å²) < 4.78 is 35.1. The lowest BCUT2D eigenvalue weighted by Gasteiger charge is -2.49. The zero-order chi connectivity index (χ0) is 32.9. The lowest BCUT2D eigenvalue weighted by atomic mass is 9.83. The van der Waals surface area contributed by atoms with Crippen molar-refractivity contribution >= 4 is 41.2 Å². The number of carbonyl (C=O) groups is 4. The van der Waals surface area contributed by atoms with Crippen LogP contribution in [-0.2, 0) is 64.6 Å². The summed E-state index contributed by atoms with van der Waals surface area (Å²) in [5.74, 6) is -4.70. The molecule has 2 fully saturated rings. The fourth-order valence-electron chi connectivity index (χ4n) is 5.45. The van der Waals surface area contributed by atoms with Crippen molar-refractivity contribution in [3.8, 4) is 0 Å². The van der Waals surface area contributed by atoms with E-state index >= 15 is 0 Å². The summed E-state index contributed by atoms with van der Waals surface area (Å²) in [5.41, 5.74) is 2.02. The third kappa shape index (κ3) is 7.46. The molecule has 242 valence electrons. The maximum atomic E-state index is 12.4. The Morgan fingerprint density at radius 2 is 1.53 bits per heavy atom. The van der Waals surface area contributed by atoms with Gasteiger partial charge in [-0.2, -0.15) is 0 Å². The molecular formula is C32H36ClNO11. The minimum atomic E-state index is -1.86. The average Bonchev–Trinajstić information content (AvgIpc) is 3.34. The molecule has 0 spiro atoms. The molecule has 2 aromatic carbocycles. The van der Waals surface area contributed by atoms with Gasteiger partial charge in [-0.05, 0) is 49.1 Å². The quantitative estimate of drug-likeness (QED) is 0.151. The first kappa shape index (κ1) is 33.9. The van der Waals surface area contributed by atoms with E-state index < -0.39 is 60.2 Å². The van der Waals surface area contributed by atoms with Crippen LogP contribution in [0, 0.1) is 0 Å². The second kappa shape index (κ2) is 14.0. The minimum Gasteiger partial charge on any atom is -0.463 e. The van der Waals surface area contributed by atoms with Crippen molar-refractivity contribution in [1.29, 1.82) is 0 Å². The average molecular weight is 646 g/mol. The number of fused-ring (bicyclic) bond motifs is 2. The Labute approximate surface area is 265 Å². The van der Waals surface area contributed by atoms with Crippen LogP contribution in [0.4, 0.5) is 0 Å². The summed E-state index contributed by atoms with van der Waals surface area (Å²) in [6, 6.07) is 12.8. The van der Waals surface area contributed by atoms with Gasteiger partial charge in [0, 0.05) is 38.3 Å². The largest absolute Gasteiger partial charge is 0.463 e. The summed E-state index contributed by atoms with van der Waals surface area (Å²) in [6.07, 6.45) is -3.78. The van der Waals surface area contributed by atoms with E-state index in [0.29, 0.717) is 29.2 Å². The topological polar surface area (TPSA) is 145 Å². The number of esters is 4. The molecule has 13 heteroatoms. The van der Waals surface area contributed by atoms with Crippen LogP contribution < -0.4 is 0 Å². The van der Waals surface area contributed by atoms with Gasteiger partial charge in [0.25, 0.3) is 0 Å². The molecule has 2 aromatic rings. The first-order valence-corrected chi connectivity index (χ1v) is 14.7. The van der Waals surface area contributed by atoms with Gasteiger partial charge in [0.15, 0.2) is 17.8 Å². The van der Waals surface area contributed by atoms with Crippen LogP contribution >= 0.6 is 11.6 Å². The van der Waals surface area contributed by atoms with Crippen LogP contribution in [0.3, 0.4) is 0 Å². The highest BCUT2D eigenvalue weighted by Gasteiger charge is 2.72. The van der Waals surface area contributed by atoms with Gasteiger partial charge >= 0.3 is 23.9 Å². The monoisotopic (exact) mass is 645 g/mol. The molecule has 1 unspecified atom stereocenters. The normalized spacial score (nSPS) is 25.7. The molecule has 0 radical (unpaired) electrons. The Balaban J connectivity index is 1.79. The second-order valence-electron chi connectivity index (χ2n) is 10.8. The Hall–Kier alpha value is -4.00. The lowest BCUT2D eigenvalue weighted by molar-refractivity contribution is -0.334. The third-order valence-corrected chi connectivity index (χ3v) is 7.70. The molecule has 5 atom stereocenters. The SMILES string of the molecule is CCO/N=C(/C)c1ccc(Cc2cc([C@]34OCC(COC(C)=O)(O3)[C@@H](OC(C)=O)[C@H](OC(C)=O)[C@H]4OC(C)=O)ccc2Cl)cc1. The van der Waals surface area contributed by atoms with Crippen molar-refractivity contribution in [2.45, 2.75) is 77.7 Å². The molecule has 2 heterocycles. The van der Waals surface area contributed by atoms with Gasteiger partial charge < -0.3 is 33.3 Å². The molecule has 0 aromatic heterocycles. The van der Waals surface area contributed by atoms with E-state index in [0.717, 1.165) is 30.7 Å². The highest BCUT2D eigenvalue weighted by molar-refractivity contribution is 6.31. The van der Waals surface area contributed by atoms with Gasteiger partial charge in [-0.1, -0.05) is 47.1 Å². The van der Waals surface area contributed by atoms with Gasteiger partial charge in [-0.15, -0.1) is 0 Å². The van der Waals surface area contributed by atoms with E-state index in [2.05, 4.69) is 5.16 Å². The number of benzene rings is 2. The van der Waals surface area contributed by atoms with E-state index in [1.807, 2.05) is 38.1 Å². The lowest BCUT2D eigenvalue weighted by Crippen LogP contribution is -2.68. The van der Waals surface area contributed by atoms with Crippen LogP contribution in [0.25, 0.3) is 0 Å². The van der Waals surface area contributed by atoms with Crippen LogP contribution in [-0.4, -0.2) is 73.3 Å². The van der Waals surface area contributed by atoms with Crippen molar-refractivity contribution in [2.75, 3.05) is 19.8 Å². The molecule has 12 nitrogen and oxygen atoms in total. The number of rotatable bonds is 11. The summed E-state index contributed by atoms with van der Waals surface area (Å²) in [7, 11) is 0. The van der Waals surface area contributed by atoms with Crippen LogP contribution in [0.1, 0.15) is 63.8 Å². The van der Waals surface area contributed by atoms with Crippen molar-refractivity contribution in [3.05, 3.63) is 69.7 Å². The third-order valence-electron chi connectivity index (χ3n) is 7.33. The van der Waals surface area contributed by atoms with E-state index in [1.165, 1.54) is 13.8 Å². The van der Waals surface area contributed by atoms with E-state index in [9.17, 15) is 19.2 Å². The maximum absolute atomic E-state index is 12.4. The zero-order valence-electron chi connectivity index (χ0n) is 25.9. The Morgan fingerprint density at radius 3 is 2.13 bits per heavy atom. The van der Waals surface area contributed by atoms with Gasteiger partial charge in [-0.3, -0.25) is 19.2 Å². The minimum absolute atomic E-state index is 0.268. The standard InChI is InChI=1S/C32H36ClNO11/c1-7-41-34-18(2)24-10-8-23(9-11-24)14-25-15-26(12-13-27(25)33)32-30(44-22(6)38)28(42-20(4)36)29(43-21(5)37)31(45-32,17-40-32)16-39-19(3)35/h8-13,15,28-30H,7,14,16-17H2,1-6H3/b34-18-/t28-,29-,30+,31?,32-/m0/s1. The van der Waals surface area contributed by atoms with Gasteiger partial charge in [-0.25, -0.2) is 0 Å². The Kier molecular flexibility index (Phi) is 10.5. The fraction of sp³-hybridized carbons (Fsp3) is 0.469. The van der Waals surface area contributed by atoms with E-state index in [-0.39, 0.29) is 6.61 Å². The predicted octanol–water partition coefficient (Wildman–Crippen LogP) is 4.00. The van der Waals surface area contributed by atoms with Crippen molar-refractivity contribution in [3.63, 3.8) is 0 Å². The molecule has 45 heavy (non-hydrogen) atoms. The van der Waals surface area contributed by atoms with Crippen LogP contribution in [0.15, 0.2) is 47.6 Å². The molecular weight excluding hydrogens is 610 g/mol. The number of nitrogens with zero attached hydrogens (tertiary/aromatic N) is 1. The summed E-state index contributed by atoms with van der Waals surface area (Å²) >= 11 is 6.65. The van der Waals surface area contributed by atoms with Gasteiger partial charge in [0.2, 0.25) is 11.9 Å². The highest BCUT2D eigenvalue weighted by Crippen LogP contribution is 2.53. The molecule has 0 saturated carbocycles. The molecule has 0 amide bonds. The van der Waals surface area contributed by atoms with Crippen molar-refractivity contribution in [1.82, 2.24) is 0 Å². The Bertz CT molecular complexity index is 1480.